The number of nitrogens with two attached hydrogens (primary N) is 1. The number of rotatable bonds is 1. The Bertz CT molecular complexity index is 671. The second kappa shape index (κ2) is 3.59. The van der Waals surface area contributed by atoms with Gasteiger partial charge in [-0.25, -0.2) is 9.07 Å². The van der Waals surface area contributed by atoms with Crippen molar-refractivity contribution < 1.29 is 4.39 Å². The fourth-order valence-electron chi connectivity index (χ4n) is 1.81. The maximum atomic E-state index is 13.2. The van der Waals surface area contributed by atoms with Crippen LogP contribution in [0.15, 0.2) is 48.7 Å². The molecule has 0 amide bonds. The Labute approximate surface area is 97.3 Å². The van der Waals surface area contributed by atoms with E-state index in [0.717, 1.165) is 16.6 Å². The lowest BCUT2D eigenvalue weighted by molar-refractivity contribution is 0.629. The van der Waals surface area contributed by atoms with E-state index < -0.39 is 0 Å². The summed E-state index contributed by atoms with van der Waals surface area (Å²) in [4.78, 5) is 0. The van der Waals surface area contributed by atoms with Gasteiger partial charge in [0.15, 0.2) is 0 Å². The number of aromatic nitrogens is 2. The Balaban J connectivity index is 2.23. The molecule has 0 aliphatic carbocycles. The molecule has 84 valence electrons. The van der Waals surface area contributed by atoms with E-state index in [0.29, 0.717) is 5.69 Å². The molecule has 3 nitrogen and oxygen atoms in total. The Morgan fingerprint density at radius 2 is 1.82 bits per heavy atom. The maximum absolute atomic E-state index is 13.2. The Hall–Kier alpha value is -2.36. The van der Waals surface area contributed by atoms with Crippen LogP contribution in [0.4, 0.5) is 10.1 Å². The number of hydrogen-bond acceptors (Lipinski definition) is 2. The first-order valence-corrected chi connectivity index (χ1v) is 5.23. The molecule has 1 aromatic heterocycles. The summed E-state index contributed by atoms with van der Waals surface area (Å²) in [6.45, 7) is 0. The van der Waals surface area contributed by atoms with E-state index >= 15 is 0 Å². The van der Waals surface area contributed by atoms with E-state index in [4.69, 9.17) is 5.73 Å². The summed E-state index contributed by atoms with van der Waals surface area (Å²) in [6, 6.07) is 11.9. The molecule has 0 aliphatic heterocycles. The second-order valence-electron chi connectivity index (χ2n) is 3.85. The van der Waals surface area contributed by atoms with Crippen LogP contribution in [0.25, 0.3) is 16.6 Å². The van der Waals surface area contributed by atoms with Gasteiger partial charge in [0, 0.05) is 17.1 Å². The van der Waals surface area contributed by atoms with Crippen LogP contribution >= 0.6 is 0 Å². The second-order valence-corrected chi connectivity index (χ2v) is 3.85. The van der Waals surface area contributed by atoms with Gasteiger partial charge in [0.1, 0.15) is 5.82 Å². The molecule has 3 rings (SSSR count). The van der Waals surface area contributed by atoms with Crippen molar-refractivity contribution in [2.24, 2.45) is 0 Å². The van der Waals surface area contributed by atoms with Gasteiger partial charge in [-0.2, -0.15) is 5.10 Å². The van der Waals surface area contributed by atoms with Gasteiger partial charge in [-0.3, -0.25) is 0 Å². The summed E-state index contributed by atoms with van der Waals surface area (Å²) < 4.78 is 14.9. The fourth-order valence-corrected chi connectivity index (χ4v) is 1.81. The molecule has 4 heteroatoms. The van der Waals surface area contributed by atoms with Gasteiger partial charge >= 0.3 is 0 Å². The molecule has 1 heterocycles. The third-order valence-corrected chi connectivity index (χ3v) is 2.67. The minimum absolute atomic E-state index is 0.269. The molecule has 0 atom stereocenters. The van der Waals surface area contributed by atoms with Crippen LogP contribution in [0.2, 0.25) is 0 Å². The molecule has 2 N–H and O–H groups in total. The number of halogens is 1. The lowest BCUT2D eigenvalue weighted by atomic mass is 10.2. The van der Waals surface area contributed by atoms with Crippen molar-refractivity contribution in [1.29, 1.82) is 0 Å². The third kappa shape index (κ3) is 1.63. The molecule has 0 bridgehead atoms. The molecular formula is C13H10FN3. The zero-order chi connectivity index (χ0) is 11.8. The van der Waals surface area contributed by atoms with E-state index in [-0.39, 0.29) is 5.82 Å². The first kappa shape index (κ1) is 9.84. The number of benzene rings is 2. The van der Waals surface area contributed by atoms with E-state index in [1.165, 1.54) is 12.1 Å². The first-order chi connectivity index (χ1) is 8.24. The van der Waals surface area contributed by atoms with Crippen LogP contribution in [0.5, 0.6) is 0 Å². The number of anilines is 1. The zero-order valence-electron chi connectivity index (χ0n) is 8.97. The van der Waals surface area contributed by atoms with E-state index in [9.17, 15) is 4.39 Å². The topological polar surface area (TPSA) is 43.8 Å². The van der Waals surface area contributed by atoms with Crippen molar-refractivity contribution in [3.05, 3.63) is 54.5 Å². The molecule has 0 spiro atoms. The highest BCUT2D eigenvalue weighted by atomic mass is 19.1. The molecule has 17 heavy (non-hydrogen) atoms. The molecule has 0 saturated heterocycles. The summed E-state index contributed by atoms with van der Waals surface area (Å²) in [6.07, 6.45) is 1.71. The van der Waals surface area contributed by atoms with E-state index in [1.54, 1.807) is 29.1 Å². The number of nitrogen functional groups attached to an aromatic ring is 1. The summed E-state index contributed by atoms with van der Waals surface area (Å²) in [5, 5.41) is 5.15. The number of fused-ring (bicyclic) bond motifs is 1. The van der Waals surface area contributed by atoms with Crippen molar-refractivity contribution in [3.8, 4) is 5.69 Å². The zero-order valence-corrected chi connectivity index (χ0v) is 8.97. The van der Waals surface area contributed by atoms with Gasteiger partial charge in [-0.05, 0) is 36.4 Å². The molecule has 0 radical (unpaired) electrons. The average Bonchev–Trinajstić information content (AvgIpc) is 2.73. The summed E-state index contributed by atoms with van der Waals surface area (Å²) in [5.74, 6) is -0.269. The maximum Gasteiger partial charge on any atom is 0.125 e. The molecule has 0 unspecified atom stereocenters. The molecule has 2 aromatic carbocycles. The summed E-state index contributed by atoms with van der Waals surface area (Å²) in [7, 11) is 0. The van der Waals surface area contributed by atoms with Crippen molar-refractivity contribution >= 4 is 16.6 Å². The quantitative estimate of drug-likeness (QED) is 0.649. The number of nitrogens with zero attached hydrogens (tertiary/aromatic N) is 2. The van der Waals surface area contributed by atoms with Crippen LogP contribution in [0, 0.1) is 5.82 Å². The van der Waals surface area contributed by atoms with E-state index in [2.05, 4.69) is 5.10 Å². The van der Waals surface area contributed by atoms with Gasteiger partial charge in [0.2, 0.25) is 0 Å². The lowest BCUT2D eigenvalue weighted by Crippen LogP contribution is -1.96. The minimum atomic E-state index is -0.269. The monoisotopic (exact) mass is 227 g/mol. The first-order valence-electron chi connectivity index (χ1n) is 5.23. The molecule has 3 aromatic rings. The summed E-state index contributed by atoms with van der Waals surface area (Å²) >= 11 is 0. The normalized spacial score (nSPS) is 10.9. The summed E-state index contributed by atoms with van der Waals surface area (Å²) in [5.41, 5.74) is 7.92. The Morgan fingerprint density at radius 3 is 2.59 bits per heavy atom. The molecule has 0 saturated carbocycles. The van der Waals surface area contributed by atoms with Crippen LogP contribution in [-0.4, -0.2) is 9.78 Å². The van der Waals surface area contributed by atoms with Gasteiger partial charge in [-0.1, -0.05) is 0 Å². The Morgan fingerprint density at radius 1 is 1.06 bits per heavy atom. The highest BCUT2D eigenvalue weighted by Crippen LogP contribution is 2.19. The van der Waals surface area contributed by atoms with Crippen LogP contribution in [0.3, 0.4) is 0 Å². The largest absolute Gasteiger partial charge is 0.399 e. The predicted molar refractivity (Wildman–Crippen MR) is 65.4 cm³/mol. The highest BCUT2D eigenvalue weighted by Gasteiger charge is 2.05. The third-order valence-electron chi connectivity index (χ3n) is 2.67. The number of hydrogen-bond donors (Lipinski definition) is 1. The van der Waals surface area contributed by atoms with Crippen molar-refractivity contribution in [3.63, 3.8) is 0 Å². The Kier molecular flexibility index (Phi) is 2.08. The van der Waals surface area contributed by atoms with Crippen molar-refractivity contribution in [1.82, 2.24) is 9.78 Å². The average molecular weight is 227 g/mol. The van der Waals surface area contributed by atoms with Gasteiger partial charge in [-0.15, -0.1) is 0 Å². The van der Waals surface area contributed by atoms with Crippen LogP contribution < -0.4 is 5.73 Å². The van der Waals surface area contributed by atoms with Crippen LogP contribution in [-0.2, 0) is 0 Å². The van der Waals surface area contributed by atoms with E-state index in [1.807, 2.05) is 12.1 Å². The minimum Gasteiger partial charge on any atom is -0.399 e. The fraction of sp³-hybridized carbons (Fsp3) is 0. The highest BCUT2D eigenvalue weighted by molar-refractivity contribution is 5.80. The lowest BCUT2D eigenvalue weighted by Gasteiger charge is -2.03. The van der Waals surface area contributed by atoms with Crippen molar-refractivity contribution in [2.45, 2.75) is 0 Å². The molecule has 0 fully saturated rings. The smallest absolute Gasteiger partial charge is 0.125 e. The van der Waals surface area contributed by atoms with Crippen LogP contribution in [0.1, 0.15) is 0 Å². The standard InChI is InChI=1S/C13H10FN3/c14-10-2-1-9-8-16-17(13(9)7-10)12-5-3-11(15)4-6-12/h1-8H,15H2. The van der Waals surface area contributed by atoms with Gasteiger partial charge in [0.05, 0.1) is 17.4 Å². The molecular weight excluding hydrogens is 217 g/mol. The predicted octanol–water partition coefficient (Wildman–Crippen LogP) is 2.75. The molecule has 0 aliphatic rings. The van der Waals surface area contributed by atoms with Gasteiger partial charge < -0.3 is 5.73 Å². The SMILES string of the molecule is Nc1ccc(-n2ncc3ccc(F)cc32)cc1. The van der Waals surface area contributed by atoms with Gasteiger partial charge in [0.25, 0.3) is 0 Å². The van der Waals surface area contributed by atoms with Crippen molar-refractivity contribution in [2.75, 3.05) is 5.73 Å².